The van der Waals surface area contributed by atoms with Gasteiger partial charge in [0.05, 0.1) is 21.9 Å². The van der Waals surface area contributed by atoms with Gasteiger partial charge in [-0.2, -0.15) is 0 Å². The number of hydrogen-bond donors (Lipinski definition) is 2. The van der Waals surface area contributed by atoms with E-state index in [1.54, 1.807) is 6.07 Å². The Balaban J connectivity index is 2.20. The number of rotatable bonds is 4. The minimum Gasteiger partial charge on any atom is -0.481 e. The lowest BCUT2D eigenvalue weighted by Crippen LogP contribution is -2.23. The maximum Gasteiger partial charge on any atom is 0.306 e. The highest BCUT2D eigenvalue weighted by Crippen LogP contribution is 2.46. The van der Waals surface area contributed by atoms with Crippen LogP contribution in [0.15, 0.2) is 11.4 Å². The first-order valence-corrected chi connectivity index (χ1v) is 7.44. The summed E-state index contributed by atoms with van der Waals surface area (Å²) in [5.74, 6) is -1.08. The molecule has 1 aliphatic rings. The van der Waals surface area contributed by atoms with E-state index in [1.165, 1.54) is 11.3 Å². The molecule has 0 amide bonds. The SMILES string of the molecule is CCC1CC(C(=O)O)C(C(O)c2sccc2Cl)C1. The van der Waals surface area contributed by atoms with E-state index in [-0.39, 0.29) is 5.92 Å². The molecule has 0 bridgehead atoms. The van der Waals surface area contributed by atoms with Crippen molar-refractivity contribution >= 4 is 28.9 Å². The fourth-order valence-electron chi connectivity index (χ4n) is 2.86. The van der Waals surface area contributed by atoms with Gasteiger partial charge in [-0.1, -0.05) is 24.9 Å². The van der Waals surface area contributed by atoms with Crippen LogP contribution in [0.3, 0.4) is 0 Å². The molecule has 0 aliphatic heterocycles. The number of hydrogen-bond acceptors (Lipinski definition) is 3. The molecule has 0 saturated heterocycles. The van der Waals surface area contributed by atoms with Crippen molar-refractivity contribution in [2.75, 3.05) is 0 Å². The fraction of sp³-hybridized carbons (Fsp3) is 0.615. The summed E-state index contributed by atoms with van der Waals surface area (Å²) in [5.41, 5.74) is 0. The van der Waals surface area contributed by atoms with Crippen molar-refractivity contribution in [3.05, 3.63) is 21.3 Å². The van der Waals surface area contributed by atoms with Crippen LogP contribution in [0.1, 0.15) is 37.2 Å². The Hall–Kier alpha value is -0.580. The van der Waals surface area contributed by atoms with Gasteiger partial charge in [0.1, 0.15) is 0 Å². The molecule has 3 nitrogen and oxygen atoms in total. The lowest BCUT2D eigenvalue weighted by molar-refractivity contribution is -0.144. The molecule has 5 heteroatoms. The lowest BCUT2D eigenvalue weighted by atomic mass is 9.90. The second-order valence-electron chi connectivity index (χ2n) is 4.93. The Morgan fingerprint density at radius 2 is 2.33 bits per heavy atom. The molecular formula is C13H17ClO3S. The molecule has 4 atom stereocenters. The summed E-state index contributed by atoms with van der Waals surface area (Å²) in [6, 6.07) is 1.74. The lowest BCUT2D eigenvalue weighted by Gasteiger charge is -2.21. The zero-order chi connectivity index (χ0) is 13.3. The van der Waals surface area contributed by atoms with Gasteiger partial charge in [0.2, 0.25) is 0 Å². The predicted octanol–water partition coefficient (Wildman–Crippen LogP) is 3.57. The van der Waals surface area contributed by atoms with E-state index < -0.39 is 18.0 Å². The second kappa shape index (κ2) is 5.59. The smallest absolute Gasteiger partial charge is 0.306 e. The summed E-state index contributed by atoms with van der Waals surface area (Å²) >= 11 is 7.41. The quantitative estimate of drug-likeness (QED) is 0.890. The topological polar surface area (TPSA) is 57.5 Å². The molecule has 1 fully saturated rings. The number of halogens is 1. The number of thiophene rings is 1. The normalized spacial score (nSPS) is 29.4. The van der Waals surface area contributed by atoms with Gasteiger partial charge in [-0.05, 0) is 30.2 Å². The molecule has 0 aromatic carbocycles. The summed E-state index contributed by atoms with van der Waals surface area (Å²) in [4.78, 5) is 12.0. The molecule has 2 rings (SSSR count). The maximum atomic E-state index is 11.3. The third kappa shape index (κ3) is 2.56. The van der Waals surface area contributed by atoms with Gasteiger partial charge in [-0.15, -0.1) is 11.3 Å². The average molecular weight is 289 g/mol. The molecule has 0 radical (unpaired) electrons. The van der Waals surface area contributed by atoms with Crippen molar-refractivity contribution in [3.63, 3.8) is 0 Å². The summed E-state index contributed by atoms with van der Waals surface area (Å²) < 4.78 is 0. The third-order valence-corrected chi connectivity index (χ3v) is 5.35. The molecule has 1 aliphatic carbocycles. The molecule has 18 heavy (non-hydrogen) atoms. The molecule has 0 spiro atoms. The highest BCUT2D eigenvalue weighted by Gasteiger charge is 2.42. The minimum atomic E-state index is -0.803. The van der Waals surface area contributed by atoms with Gasteiger partial charge in [0, 0.05) is 5.92 Å². The van der Waals surface area contributed by atoms with Crippen molar-refractivity contribution in [1.82, 2.24) is 0 Å². The Kier molecular flexibility index (Phi) is 4.30. The van der Waals surface area contributed by atoms with E-state index in [0.717, 1.165) is 12.8 Å². The van der Waals surface area contributed by atoms with Crippen molar-refractivity contribution in [3.8, 4) is 0 Å². The van der Waals surface area contributed by atoms with E-state index in [4.69, 9.17) is 11.6 Å². The minimum absolute atomic E-state index is 0.219. The van der Waals surface area contributed by atoms with Gasteiger partial charge in [0.15, 0.2) is 0 Å². The number of aliphatic hydroxyl groups excluding tert-OH is 1. The summed E-state index contributed by atoms with van der Waals surface area (Å²) in [6.07, 6.45) is 1.64. The largest absolute Gasteiger partial charge is 0.481 e. The van der Waals surface area contributed by atoms with E-state index in [9.17, 15) is 15.0 Å². The van der Waals surface area contributed by atoms with Crippen molar-refractivity contribution in [2.45, 2.75) is 32.3 Å². The fourth-order valence-corrected chi connectivity index (χ4v) is 4.09. The standard InChI is InChI=1S/C13H17ClO3S/c1-2-7-5-8(9(6-7)13(16)17)11(15)12-10(14)3-4-18-12/h3-4,7-9,11,15H,2,5-6H2,1H3,(H,16,17). The first kappa shape index (κ1) is 13.8. The highest BCUT2D eigenvalue weighted by atomic mass is 35.5. The van der Waals surface area contributed by atoms with Gasteiger partial charge in [-0.3, -0.25) is 4.79 Å². The van der Waals surface area contributed by atoms with Gasteiger partial charge < -0.3 is 10.2 Å². The summed E-state index contributed by atoms with van der Waals surface area (Å²) in [5, 5.41) is 22.0. The van der Waals surface area contributed by atoms with Gasteiger partial charge >= 0.3 is 5.97 Å². The number of aliphatic carboxylic acids is 1. The number of carboxylic acid groups (broad SMARTS) is 1. The van der Waals surface area contributed by atoms with Gasteiger partial charge in [-0.25, -0.2) is 0 Å². The first-order chi connectivity index (χ1) is 8.54. The Morgan fingerprint density at radius 1 is 1.61 bits per heavy atom. The van der Waals surface area contributed by atoms with E-state index in [1.807, 2.05) is 5.38 Å². The molecule has 4 unspecified atom stereocenters. The molecule has 2 N–H and O–H groups in total. The van der Waals surface area contributed by atoms with Crippen molar-refractivity contribution < 1.29 is 15.0 Å². The second-order valence-corrected chi connectivity index (χ2v) is 6.29. The van der Waals surface area contributed by atoms with Gasteiger partial charge in [0.25, 0.3) is 0 Å². The number of carboxylic acids is 1. The van der Waals surface area contributed by atoms with E-state index in [0.29, 0.717) is 22.2 Å². The van der Waals surface area contributed by atoms with E-state index in [2.05, 4.69) is 6.92 Å². The monoisotopic (exact) mass is 288 g/mol. The zero-order valence-electron chi connectivity index (χ0n) is 10.2. The summed E-state index contributed by atoms with van der Waals surface area (Å²) in [6.45, 7) is 2.07. The number of aliphatic hydroxyl groups is 1. The first-order valence-electron chi connectivity index (χ1n) is 6.18. The van der Waals surface area contributed by atoms with Crippen molar-refractivity contribution in [1.29, 1.82) is 0 Å². The molecule has 100 valence electrons. The van der Waals surface area contributed by atoms with Crippen LogP contribution < -0.4 is 0 Å². The maximum absolute atomic E-state index is 11.3. The Labute approximate surface area is 115 Å². The van der Waals surface area contributed by atoms with Crippen LogP contribution >= 0.6 is 22.9 Å². The van der Waals surface area contributed by atoms with Crippen LogP contribution in [-0.2, 0) is 4.79 Å². The van der Waals surface area contributed by atoms with Crippen LogP contribution in [0.4, 0.5) is 0 Å². The molecule has 1 heterocycles. The average Bonchev–Trinajstić information content (AvgIpc) is 2.93. The predicted molar refractivity (Wildman–Crippen MR) is 71.9 cm³/mol. The molecule has 1 aromatic rings. The highest BCUT2D eigenvalue weighted by molar-refractivity contribution is 7.10. The zero-order valence-corrected chi connectivity index (χ0v) is 11.7. The van der Waals surface area contributed by atoms with Crippen LogP contribution in [0.2, 0.25) is 5.02 Å². The van der Waals surface area contributed by atoms with Crippen molar-refractivity contribution in [2.24, 2.45) is 17.8 Å². The summed E-state index contributed by atoms with van der Waals surface area (Å²) in [7, 11) is 0. The number of carbonyl (C=O) groups is 1. The van der Waals surface area contributed by atoms with Crippen LogP contribution in [0.25, 0.3) is 0 Å². The van der Waals surface area contributed by atoms with E-state index >= 15 is 0 Å². The molecular weight excluding hydrogens is 272 g/mol. The Morgan fingerprint density at radius 3 is 2.83 bits per heavy atom. The molecule has 1 saturated carbocycles. The van der Waals surface area contributed by atoms with Crippen LogP contribution in [0.5, 0.6) is 0 Å². The van der Waals surface area contributed by atoms with Crippen LogP contribution in [-0.4, -0.2) is 16.2 Å². The Bertz CT molecular complexity index is 432. The van der Waals surface area contributed by atoms with Crippen LogP contribution in [0, 0.1) is 17.8 Å². The molecule has 1 aromatic heterocycles. The third-order valence-electron chi connectivity index (χ3n) is 3.92.